The molecule has 30 heavy (non-hydrogen) atoms. The predicted octanol–water partition coefficient (Wildman–Crippen LogP) is 3.91. The number of ether oxygens (including phenoxy) is 2. The van der Waals surface area contributed by atoms with E-state index in [1.807, 2.05) is 19.1 Å². The molecule has 0 radical (unpaired) electrons. The number of nitrogens with one attached hydrogen (secondary N) is 1. The highest BCUT2D eigenvalue weighted by Gasteiger charge is 2.36. The third-order valence-corrected chi connectivity index (χ3v) is 5.53. The highest BCUT2D eigenvalue weighted by atomic mass is 35.5. The lowest BCUT2D eigenvalue weighted by atomic mass is 9.85. The molecule has 0 unspecified atom stereocenters. The Labute approximate surface area is 177 Å². The average Bonchev–Trinajstić information content (AvgIpc) is 3.08. The van der Waals surface area contributed by atoms with Gasteiger partial charge in [-0.2, -0.15) is 5.10 Å². The zero-order valence-corrected chi connectivity index (χ0v) is 16.9. The minimum absolute atomic E-state index is 0.0579. The van der Waals surface area contributed by atoms with Gasteiger partial charge in [-0.1, -0.05) is 17.7 Å². The second kappa shape index (κ2) is 7.18. The number of hydrogen-bond acceptors (Lipinski definition) is 5. The summed E-state index contributed by atoms with van der Waals surface area (Å²) in [7, 11) is 0. The number of carbonyl (C=O) groups is 2. The van der Waals surface area contributed by atoms with Crippen LogP contribution in [0.4, 0.5) is 5.82 Å². The van der Waals surface area contributed by atoms with Crippen LogP contribution >= 0.6 is 11.6 Å². The zero-order chi connectivity index (χ0) is 20.8. The Morgan fingerprint density at radius 3 is 2.77 bits per heavy atom. The van der Waals surface area contributed by atoms with Crippen molar-refractivity contribution in [2.75, 3.05) is 18.5 Å². The first-order chi connectivity index (χ1) is 14.5. The van der Waals surface area contributed by atoms with Gasteiger partial charge >= 0.3 is 0 Å². The molecule has 0 aliphatic carbocycles. The lowest BCUT2D eigenvalue weighted by Crippen LogP contribution is -2.28. The van der Waals surface area contributed by atoms with Crippen LogP contribution in [0, 0.1) is 6.92 Å². The van der Waals surface area contributed by atoms with Crippen molar-refractivity contribution in [1.82, 2.24) is 9.78 Å². The first-order valence-electron chi connectivity index (χ1n) is 9.60. The number of Topliss-reactive ketones (excluding diaryl/α,β-unsaturated/α-hetero) is 1. The van der Waals surface area contributed by atoms with Crippen LogP contribution in [0.15, 0.2) is 42.5 Å². The Kier molecular flexibility index (Phi) is 4.47. The SMILES string of the molecule is Cc1nn(-c2cccc(Cl)c2)c2c1[C@H](C(=O)c1ccc3c(c1)OCCO3)CC(=O)N2. The minimum atomic E-state index is -0.635. The largest absolute Gasteiger partial charge is 0.486 e. The molecule has 2 aromatic carbocycles. The van der Waals surface area contributed by atoms with Gasteiger partial charge < -0.3 is 14.8 Å². The standard InChI is InChI=1S/C22H18ClN3O4/c1-12-20-16(21(28)13-5-6-17-18(9-13)30-8-7-29-17)11-19(27)24-22(20)26(25-12)15-4-2-3-14(23)10-15/h2-6,9-10,16H,7-8,11H2,1H3,(H,24,27)/t16-/m1/s1. The number of hydrogen-bond donors (Lipinski definition) is 1. The number of anilines is 1. The number of rotatable bonds is 3. The second-order valence-corrected chi connectivity index (χ2v) is 7.70. The molecule has 1 aromatic heterocycles. The van der Waals surface area contributed by atoms with Gasteiger partial charge in [0.05, 0.1) is 17.3 Å². The molecule has 5 rings (SSSR count). The summed E-state index contributed by atoms with van der Waals surface area (Å²) < 4.78 is 12.8. The molecule has 2 aliphatic rings. The van der Waals surface area contributed by atoms with E-state index in [9.17, 15) is 9.59 Å². The third-order valence-electron chi connectivity index (χ3n) is 5.30. The summed E-state index contributed by atoms with van der Waals surface area (Å²) in [5.74, 6) is 0.633. The zero-order valence-electron chi connectivity index (χ0n) is 16.1. The molecule has 7 nitrogen and oxygen atoms in total. The van der Waals surface area contributed by atoms with Crippen LogP contribution < -0.4 is 14.8 Å². The van der Waals surface area contributed by atoms with Gasteiger partial charge in [0.25, 0.3) is 0 Å². The van der Waals surface area contributed by atoms with Gasteiger partial charge in [0, 0.05) is 22.6 Å². The number of halogens is 1. The third kappa shape index (κ3) is 3.11. The number of amides is 1. The van der Waals surface area contributed by atoms with E-state index in [4.69, 9.17) is 21.1 Å². The fraction of sp³-hybridized carbons (Fsp3) is 0.227. The van der Waals surface area contributed by atoms with Crippen LogP contribution in [0.1, 0.15) is 34.0 Å². The van der Waals surface area contributed by atoms with Crippen molar-refractivity contribution in [3.63, 3.8) is 0 Å². The van der Waals surface area contributed by atoms with E-state index in [0.29, 0.717) is 52.5 Å². The van der Waals surface area contributed by atoms with Crippen molar-refractivity contribution >= 4 is 29.1 Å². The molecule has 1 amide bonds. The van der Waals surface area contributed by atoms with Gasteiger partial charge in [-0.05, 0) is 43.3 Å². The number of aromatic nitrogens is 2. The first-order valence-corrected chi connectivity index (χ1v) is 9.98. The molecule has 3 aromatic rings. The molecular weight excluding hydrogens is 406 g/mol. The maximum Gasteiger partial charge on any atom is 0.226 e. The molecule has 8 heteroatoms. The van der Waals surface area contributed by atoms with Gasteiger partial charge in [0.1, 0.15) is 19.0 Å². The molecule has 152 valence electrons. The summed E-state index contributed by atoms with van der Waals surface area (Å²) in [5, 5.41) is 8.01. The van der Waals surface area contributed by atoms with Gasteiger partial charge in [-0.15, -0.1) is 0 Å². The highest BCUT2D eigenvalue weighted by Crippen LogP contribution is 2.40. The van der Waals surface area contributed by atoms with Crippen molar-refractivity contribution in [3.05, 3.63) is 64.3 Å². The topological polar surface area (TPSA) is 82.5 Å². The van der Waals surface area contributed by atoms with Crippen LogP contribution in [-0.4, -0.2) is 34.7 Å². The molecule has 3 heterocycles. The van der Waals surface area contributed by atoms with E-state index < -0.39 is 5.92 Å². The van der Waals surface area contributed by atoms with Crippen molar-refractivity contribution in [1.29, 1.82) is 0 Å². The van der Waals surface area contributed by atoms with Crippen molar-refractivity contribution < 1.29 is 19.1 Å². The maximum absolute atomic E-state index is 13.4. The molecule has 0 saturated carbocycles. The first kappa shape index (κ1) is 18.7. The number of carbonyl (C=O) groups excluding carboxylic acids is 2. The predicted molar refractivity (Wildman–Crippen MR) is 111 cm³/mol. The Morgan fingerprint density at radius 1 is 1.17 bits per heavy atom. The molecule has 0 spiro atoms. The molecule has 1 N–H and O–H groups in total. The van der Waals surface area contributed by atoms with E-state index in [-0.39, 0.29) is 18.1 Å². The van der Waals surface area contributed by atoms with Crippen LogP contribution in [0.25, 0.3) is 5.69 Å². The van der Waals surface area contributed by atoms with Gasteiger partial charge in [0.15, 0.2) is 17.3 Å². The number of aryl methyl sites for hydroxylation is 1. The summed E-state index contributed by atoms with van der Waals surface area (Å²) >= 11 is 6.13. The maximum atomic E-state index is 13.4. The van der Waals surface area contributed by atoms with E-state index in [1.165, 1.54) is 0 Å². The fourth-order valence-electron chi connectivity index (χ4n) is 3.96. The van der Waals surface area contributed by atoms with Crippen LogP contribution in [0.5, 0.6) is 11.5 Å². The number of ketones is 1. The van der Waals surface area contributed by atoms with E-state index in [0.717, 1.165) is 5.56 Å². The van der Waals surface area contributed by atoms with E-state index in [2.05, 4.69) is 10.4 Å². The van der Waals surface area contributed by atoms with Gasteiger partial charge in [-0.25, -0.2) is 4.68 Å². The monoisotopic (exact) mass is 423 g/mol. The number of benzene rings is 2. The summed E-state index contributed by atoms with van der Waals surface area (Å²) in [4.78, 5) is 25.9. The van der Waals surface area contributed by atoms with Crippen LogP contribution in [-0.2, 0) is 4.79 Å². The smallest absolute Gasteiger partial charge is 0.226 e. The Balaban J connectivity index is 1.57. The van der Waals surface area contributed by atoms with Crippen molar-refractivity contribution in [3.8, 4) is 17.2 Å². The lowest BCUT2D eigenvalue weighted by Gasteiger charge is -2.24. The van der Waals surface area contributed by atoms with E-state index in [1.54, 1.807) is 35.0 Å². The number of fused-ring (bicyclic) bond motifs is 2. The molecule has 0 bridgehead atoms. The van der Waals surface area contributed by atoms with E-state index >= 15 is 0 Å². The van der Waals surface area contributed by atoms with Crippen LogP contribution in [0.3, 0.4) is 0 Å². The average molecular weight is 424 g/mol. The highest BCUT2D eigenvalue weighted by molar-refractivity contribution is 6.30. The van der Waals surface area contributed by atoms with Crippen molar-refractivity contribution in [2.45, 2.75) is 19.3 Å². The number of nitrogens with zero attached hydrogens (tertiary/aromatic N) is 2. The lowest BCUT2D eigenvalue weighted by molar-refractivity contribution is -0.116. The normalized spacial score (nSPS) is 17.3. The molecular formula is C22H18ClN3O4. The van der Waals surface area contributed by atoms with Gasteiger partial charge in [0.2, 0.25) is 5.91 Å². The van der Waals surface area contributed by atoms with Crippen molar-refractivity contribution in [2.24, 2.45) is 0 Å². The van der Waals surface area contributed by atoms with Gasteiger partial charge in [-0.3, -0.25) is 9.59 Å². The quantitative estimate of drug-likeness (QED) is 0.646. The molecule has 2 aliphatic heterocycles. The Hall–Kier alpha value is -3.32. The summed E-state index contributed by atoms with van der Waals surface area (Å²) in [5.41, 5.74) is 2.58. The Morgan fingerprint density at radius 2 is 1.97 bits per heavy atom. The summed E-state index contributed by atoms with van der Waals surface area (Å²) in [6.45, 7) is 2.75. The fourth-order valence-corrected chi connectivity index (χ4v) is 4.15. The summed E-state index contributed by atoms with van der Waals surface area (Å²) in [6, 6.07) is 12.3. The molecule has 1 atom stereocenters. The molecule has 0 saturated heterocycles. The molecule has 0 fully saturated rings. The second-order valence-electron chi connectivity index (χ2n) is 7.27. The van der Waals surface area contributed by atoms with Crippen LogP contribution in [0.2, 0.25) is 5.02 Å². The summed E-state index contributed by atoms with van der Waals surface area (Å²) in [6.07, 6.45) is 0.0579. The Bertz CT molecular complexity index is 1190. The minimum Gasteiger partial charge on any atom is -0.486 e.